The highest BCUT2D eigenvalue weighted by atomic mass is 16.5. The maximum absolute atomic E-state index is 13.8. The van der Waals surface area contributed by atoms with Crippen molar-refractivity contribution in [2.45, 2.75) is 31.3 Å². The van der Waals surface area contributed by atoms with Gasteiger partial charge in [0.2, 0.25) is 0 Å². The first-order chi connectivity index (χ1) is 26.3. The first-order valence-corrected chi connectivity index (χ1v) is 18.1. The van der Waals surface area contributed by atoms with Crippen LogP contribution in [0.3, 0.4) is 0 Å². The minimum atomic E-state index is -0.108. The lowest BCUT2D eigenvalue weighted by molar-refractivity contribution is 0.0788. The Balaban J connectivity index is 0.904. The smallest absolute Gasteiger partial charge is 0.260 e. The molecule has 4 aliphatic rings. The van der Waals surface area contributed by atoms with Crippen LogP contribution in [0.25, 0.3) is 11.1 Å². The topological polar surface area (TPSA) is 137 Å². The van der Waals surface area contributed by atoms with E-state index in [2.05, 4.69) is 10.6 Å². The second kappa shape index (κ2) is 14.6. The van der Waals surface area contributed by atoms with Gasteiger partial charge in [-0.15, -0.1) is 0 Å². The highest BCUT2D eigenvalue weighted by Crippen LogP contribution is 2.41. The summed E-state index contributed by atoms with van der Waals surface area (Å²) in [6, 6.07) is 22.7. The van der Waals surface area contributed by atoms with Crippen molar-refractivity contribution in [2.75, 3.05) is 64.0 Å². The van der Waals surface area contributed by atoms with Crippen molar-refractivity contribution in [2.24, 2.45) is 0 Å². The molecule has 278 valence electrons. The largest absolute Gasteiger partial charge is 0.497 e. The van der Waals surface area contributed by atoms with Gasteiger partial charge >= 0.3 is 0 Å². The second-order valence-electron chi connectivity index (χ2n) is 13.7. The summed E-state index contributed by atoms with van der Waals surface area (Å²) in [5.74, 6) is 2.60. The minimum Gasteiger partial charge on any atom is -0.497 e. The van der Waals surface area contributed by atoms with E-state index in [0.717, 1.165) is 34.4 Å². The van der Waals surface area contributed by atoms with Crippen LogP contribution in [0.2, 0.25) is 0 Å². The number of fused-ring (bicyclic) bond motifs is 4. The summed E-state index contributed by atoms with van der Waals surface area (Å²) >= 11 is 0. The van der Waals surface area contributed by atoms with Crippen LogP contribution < -0.4 is 40.1 Å². The Morgan fingerprint density at radius 3 is 1.72 bits per heavy atom. The molecule has 0 saturated heterocycles. The number of hydrogen-bond acceptors (Lipinski definition) is 10. The highest BCUT2D eigenvalue weighted by molar-refractivity contribution is 6.04. The number of ether oxygens (including phenoxy) is 5. The summed E-state index contributed by atoms with van der Waals surface area (Å²) < 4.78 is 29.0. The van der Waals surface area contributed by atoms with Crippen molar-refractivity contribution in [1.29, 1.82) is 0 Å². The zero-order valence-corrected chi connectivity index (χ0v) is 30.5. The van der Waals surface area contributed by atoms with Crippen molar-refractivity contribution >= 4 is 40.0 Å². The number of carbonyl (C=O) groups excluding carboxylic acids is 2. The van der Waals surface area contributed by atoms with Crippen molar-refractivity contribution in [3.8, 4) is 28.7 Å². The molecule has 4 aromatic carbocycles. The number of nitrogens with zero attached hydrogens (tertiary/aromatic N) is 2. The van der Waals surface area contributed by atoms with E-state index >= 15 is 0 Å². The molecule has 0 aliphatic carbocycles. The zero-order chi connectivity index (χ0) is 37.3. The average molecular weight is 730 g/mol. The van der Waals surface area contributed by atoms with E-state index in [1.165, 1.54) is 0 Å². The first-order valence-electron chi connectivity index (χ1n) is 18.1. The van der Waals surface area contributed by atoms with Crippen molar-refractivity contribution in [3.05, 3.63) is 107 Å². The molecule has 0 aromatic heterocycles. The molecular formula is C42H43N5O7. The molecule has 0 fully saturated rings. The molecular weight excluding hydrogens is 686 g/mol. The summed E-state index contributed by atoms with van der Waals surface area (Å²) in [5.41, 5.74) is 13.5. The summed E-state index contributed by atoms with van der Waals surface area (Å²) in [7, 11) is 4.77. The summed E-state index contributed by atoms with van der Waals surface area (Å²) in [4.78, 5) is 31.2. The number of rotatable bonds is 11. The van der Waals surface area contributed by atoms with Gasteiger partial charge in [-0.25, -0.2) is 0 Å². The average Bonchev–Trinajstić information content (AvgIpc) is 3.77. The van der Waals surface area contributed by atoms with E-state index in [1.54, 1.807) is 38.4 Å². The Kier molecular flexibility index (Phi) is 9.41. The number of methoxy groups -OCH3 is 3. The molecule has 4 aromatic rings. The molecule has 4 N–H and O–H groups in total. The van der Waals surface area contributed by atoms with Crippen LogP contribution in [0.5, 0.6) is 28.7 Å². The first kappa shape index (κ1) is 34.8. The van der Waals surface area contributed by atoms with Crippen molar-refractivity contribution in [1.82, 2.24) is 9.80 Å². The standard InChI is InChI=1S/C42H43N5O7/c1-50-30-11-9-25(10-12-30)26-15-28-21-44-35-19-39(37(51-2)17-32(35)41(48)46(28)23-26)53-13-6-14-54-40-20-36-33(18-38(40)52-3)42(49)47-24-27(16-29(47)22-45-36)31-7-4-5-8-34(31)43/h4-5,7-12,17-20,23-24,28-29,44-45H,6,13-16,21-22,43H2,1-3H3/t28-,29-/m0/s1. The van der Waals surface area contributed by atoms with Crippen LogP contribution in [0.1, 0.15) is 51.1 Å². The number of hydrogen-bond donors (Lipinski definition) is 3. The fourth-order valence-corrected chi connectivity index (χ4v) is 7.58. The summed E-state index contributed by atoms with van der Waals surface area (Å²) in [6.07, 6.45) is 5.86. The highest BCUT2D eigenvalue weighted by Gasteiger charge is 2.36. The third-order valence-corrected chi connectivity index (χ3v) is 10.5. The number of carbonyl (C=O) groups is 2. The Morgan fingerprint density at radius 2 is 1.19 bits per heavy atom. The second-order valence-corrected chi connectivity index (χ2v) is 13.7. The number of anilines is 3. The van der Waals surface area contributed by atoms with Gasteiger partial charge in [0.1, 0.15) is 5.75 Å². The Labute approximate surface area is 314 Å². The van der Waals surface area contributed by atoms with Gasteiger partial charge in [0.15, 0.2) is 23.0 Å². The maximum atomic E-state index is 13.8. The number of nitrogens with two attached hydrogens (primary N) is 1. The molecule has 2 amide bonds. The third kappa shape index (κ3) is 6.48. The van der Waals surface area contributed by atoms with Crippen LogP contribution in [0.4, 0.5) is 17.1 Å². The molecule has 12 heteroatoms. The van der Waals surface area contributed by atoms with Gasteiger partial charge in [-0.05, 0) is 59.9 Å². The number of para-hydroxylation sites is 1. The Bertz CT molecular complexity index is 2170. The molecule has 0 radical (unpaired) electrons. The quantitative estimate of drug-likeness (QED) is 0.116. The summed E-state index contributed by atoms with van der Waals surface area (Å²) in [6.45, 7) is 1.85. The lowest BCUT2D eigenvalue weighted by Gasteiger charge is -2.20. The lowest BCUT2D eigenvalue weighted by Crippen LogP contribution is -2.34. The monoisotopic (exact) mass is 729 g/mol. The molecule has 2 atom stereocenters. The molecule has 0 unspecified atom stereocenters. The number of nitrogens with one attached hydrogen (secondary N) is 2. The van der Waals surface area contributed by atoms with Gasteiger partial charge < -0.3 is 49.9 Å². The van der Waals surface area contributed by atoms with Gasteiger partial charge in [0, 0.05) is 55.3 Å². The van der Waals surface area contributed by atoms with Gasteiger partial charge in [-0.3, -0.25) is 9.59 Å². The number of nitrogen functional groups attached to an aromatic ring is 1. The van der Waals surface area contributed by atoms with Crippen LogP contribution in [-0.2, 0) is 0 Å². The van der Waals surface area contributed by atoms with Gasteiger partial charge in [0.25, 0.3) is 11.8 Å². The molecule has 54 heavy (non-hydrogen) atoms. The van der Waals surface area contributed by atoms with Gasteiger partial charge in [-0.1, -0.05) is 30.3 Å². The minimum absolute atomic E-state index is 0.0193. The predicted molar refractivity (Wildman–Crippen MR) is 208 cm³/mol. The van der Waals surface area contributed by atoms with E-state index in [9.17, 15) is 9.59 Å². The lowest BCUT2D eigenvalue weighted by atomic mass is 10.0. The number of benzene rings is 4. The van der Waals surface area contributed by atoms with Crippen molar-refractivity contribution < 1.29 is 33.3 Å². The van der Waals surface area contributed by atoms with Crippen LogP contribution in [0, 0.1) is 0 Å². The van der Waals surface area contributed by atoms with Gasteiger partial charge in [0.05, 0.1) is 69.1 Å². The SMILES string of the molecule is COc1ccc(C2=CN3C(=O)c4cc(OC)c(OCCCOc5cc6c(cc5OC)C(=O)N5C=C(c7ccccc7N)C[C@H]5CN6)cc4NC[C@@H]3C2)cc1. The van der Waals surface area contributed by atoms with E-state index in [4.69, 9.17) is 29.4 Å². The van der Waals surface area contributed by atoms with Crippen molar-refractivity contribution in [3.63, 3.8) is 0 Å². The third-order valence-electron chi connectivity index (χ3n) is 10.5. The van der Waals surface area contributed by atoms with E-state index in [1.807, 2.05) is 78.0 Å². The zero-order valence-electron chi connectivity index (χ0n) is 30.5. The fourth-order valence-electron chi connectivity index (χ4n) is 7.58. The maximum Gasteiger partial charge on any atom is 0.260 e. The van der Waals surface area contributed by atoms with E-state index < -0.39 is 0 Å². The fraction of sp³-hybridized carbons (Fsp3) is 0.286. The molecule has 0 spiro atoms. The molecule has 4 aliphatic heterocycles. The van der Waals surface area contributed by atoms with E-state index in [-0.39, 0.29) is 23.9 Å². The normalized spacial score (nSPS) is 18.4. The number of amides is 2. The predicted octanol–water partition coefficient (Wildman–Crippen LogP) is 6.50. The molecule has 4 heterocycles. The van der Waals surface area contributed by atoms with E-state index in [0.29, 0.717) is 90.3 Å². The Hall–Kier alpha value is -6.30. The molecule has 0 saturated carbocycles. The molecule has 8 rings (SSSR count). The van der Waals surface area contributed by atoms with Crippen LogP contribution in [-0.4, -0.2) is 81.3 Å². The van der Waals surface area contributed by atoms with Crippen LogP contribution >= 0.6 is 0 Å². The summed E-state index contributed by atoms with van der Waals surface area (Å²) in [5, 5.41) is 6.93. The molecule has 12 nitrogen and oxygen atoms in total. The molecule has 0 bridgehead atoms. The van der Waals surface area contributed by atoms with Crippen LogP contribution in [0.15, 0.2) is 85.2 Å². The van der Waals surface area contributed by atoms with Gasteiger partial charge in [-0.2, -0.15) is 0 Å². The Morgan fingerprint density at radius 1 is 0.648 bits per heavy atom.